The minimum atomic E-state index is -0.257. The van der Waals surface area contributed by atoms with Crippen LogP contribution in [0.15, 0.2) is 42.5 Å². The summed E-state index contributed by atoms with van der Waals surface area (Å²) in [5, 5.41) is 2.93. The largest absolute Gasteiger partial charge is 0.493 e. The van der Waals surface area contributed by atoms with Crippen LogP contribution in [0.25, 0.3) is 0 Å². The van der Waals surface area contributed by atoms with E-state index in [9.17, 15) is 9.59 Å². The maximum absolute atomic E-state index is 12.8. The van der Waals surface area contributed by atoms with Gasteiger partial charge >= 0.3 is 0 Å². The summed E-state index contributed by atoms with van der Waals surface area (Å²) in [6.45, 7) is 8.36. The molecule has 0 radical (unpaired) electrons. The van der Waals surface area contributed by atoms with Gasteiger partial charge in [-0.1, -0.05) is 18.2 Å². The highest BCUT2D eigenvalue weighted by Crippen LogP contribution is 2.29. The number of nitrogens with zero attached hydrogens (tertiary/aromatic N) is 1. The first-order chi connectivity index (χ1) is 13.3. The number of hydrogen-bond acceptors (Lipinski definition) is 4. The number of amides is 2. The summed E-state index contributed by atoms with van der Waals surface area (Å²) in [6, 6.07) is 12.6. The zero-order valence-corrected chi connectivity index (χ0v) is 17.1. The van der Waals surface area contributed by atoms with Crippen molar-refractivity contribution < 1.29 is 19.1 Å². The van der Waals surface area contributed by atoms with Gasteiger partial charge in [-0.15, -0.1) is 0 Å². The number of hydrogen-bond donors (Lipinski definition) is 1. The molecule has 2 rings (SSSR count). The quantitative estimate of drug-likeness (QED) is 0.744. The molecule has 0 saturated heterocycles. The van der Waals surface area contributed by atoms with Gasteiger partial charge in [-0.3, -0.25) is 9.59 Å². The van der Waals surface area contributed by atoms with E-state index < -0.39 is 0 Å². The number of carbonyl (C=O) groups is 2. The van der Waals surface area contributed by atoms with E-state index in [-0.39, 0.29) is 17.9 Å². The Morgan fingerprint density at radius 2 is 1.82 bits per heavy atom. The smallest absolute Gasteiger partial charge is 0.255 e. The van der Waals surface area contributed by atoms with E-state index >= 15 is 0 Å². The fourth-order valence-corrected chi connectivity index (χ4v) is 2.79. The van der Waals surface area contributed by atoms with E-state index in [1.54, 1.807) is 30.2 Å². The van der Waals surface area contributed by atoms with Crippen LogP contribution in [0.2, 0.25) is 0 Å². The van der Waals surface area contributed by atoms with Crippen molar-refractivity contribution in [3.63, 3.8) is 0 Å². The lowest BCUT2D eigenvalue weighted by atomic mass is 10.1. The highest BCUT2D eigenvalue weighted by atomic mass is 16.5. The SMILES string of the molecule is CCN(Cc1ccccc1NC(=O)c1ccc(OC(C)C)c(OC)c1)C(C)=O. The summed E-state index contributed by atoms with van der Waals surface area (Å²) in [6.07, 6.45) is 0.00300. The van der Waals surface area contributed by atoms with Crippen molar-refractivity contribution in [2.24, 2.45) is 0 Å². The maximum atomic E-state index is 12.8. The monoisotopic (exact) mass is 384 g/mol. The van der Waals surface area contributed by atoms with Gasteiger partial charge in [0, 0.05) is 31.3 Å². The highest BCUT2D eigenvalue weighted by molar-refractivity contribution is 6.05. The van der Waals surface area contributed by atoms with Crippen LogP contribution in [-0.2, 0) is 11.3 Å². The molecule has 0 aromatic heterocycles. The van der Waals surface area contributed by atoms with Gasteiger partial charge < -0.3 is 19.7 Å². The Morgan fingerprint density at radius 3 is 2.43 bits per heavy atom. The maximum Gasteiger partial charge on any atom is 0.255 e. The lowest BCUT2D eigenvalue weighted by Gasteiger charge is -2.21. The Morgan fingerprint density at radius 1 is 1.11 bits per heavy atom. The molecular formula is C22H28N2O4. The molecule has 0 aliphatic heterocycles. The molecule has 0 spiro atoms. The second kappa shape index (κ2) is 9.78. The standard InChI is InChI=1S/C22H28N2O4/c1-6-24(16(4)25)14-18-9-7-8-10-19(18)23-22(26)17-11-12-20(28-15(2)3)21(13-17)27-5/h7-13,15H,6,14H2,1-5H3,(H,23,26). The summed E-state index contributed by atoms with van der Waals surface area (Å²) in [5.74, 6) is 0.833. The molecule has 1 N–H and O–H groups in total. The third-order valence-corrected chi connectivity index (χ3v) is 4.24. The number of benzene rings is 2. The van der Waals surface area contributed by atoms with Crippen molar-refractivity contribution in [1.29, 1.82) is 0 Å². The zero-order chi connectivity index (χ0) is 20.7. The number of methoxy groups -OCH3 is 1. The molecule has 6 nitrogen and oxygen atoms in total. The van der Waals surface area contributed by atoms with Gasteiger partial charge in [-0.25, -0.2) is 0 Å². The van der Waals surface area contributed by atoms with Crippen molar-refractivity contribution in [1.82, 2.24) is 4.90 Å². The van der Waals surface area contributed by atoms with Crippen LogP contribution in [-0.4, -0.2) is 36.5 Å². The molecule has 2 aromatic rings. The number of anilines is 1. The second-order valence-electron chi connectivity index (χ2n) is 6.68. The van der Waals surface area contributed by atoms with Gasteiger partial charge in [0.15, 0.2) is 11.5 Å². The van der Waals surface area contributed by atoms with E-state index in [1.165, 1.54) is 6.92 Å². The molecule has 0 unspecified atom stereocenters. The molecule has 0 bridgehead atoms. The second-order valence-corrected chi connectivity index (χ2v) is 6.68. The first-order valence-electron chi connectivity index (χ1n) is 9.35. The average molecular weight is 384 g/mol. The van der Waals surface area contributed by atoms with Gasteiger partial charge in [0.25, 0.3) is 5.91 Å². The number of rotatable bonds is 8. The van der Waals surface area contributed by atoms with E-state index in [1.807, 2.05) is 45.0 Å². The first kappa shape index (κ1) is 21.3. The molecule has 2 aromatic carbocycles. The molecular weight excluding hydrogens is 356 g/mol. The molecule has 0 atom stereocenters. The Balaban J connectivity index is 2.22. The Labute approximate surface area is 166 Å². The van der Waals surface area contributed by atoms with E-state index in [0.717, 1.165) is 5.56 Å². The van der Waals surface area contributed by atoms with Crippen LogP contribution in [0.1, 0.15) is 43.6 Å². The molecule has 0 aliphatic carbocycles. The number of nitrogens with one attached hydrogen (secondary N) is 1. The van der Waals surface area contributed by atoms with E-state index in [2.05, 4.69) is 5.32 Å². The Kier molecular flexibility index (Phi) is 7.44. The van der Waals surface area contributed by atoms with Crippen LogP contribution >= 0.6 is 0 Å². The van der Waals surface area contributed by atoms with Crippen molar-refractivity contribution in [2.75, 3.05) is 19.0 Å². The minimum Gasteiger partial charge on any atom is -0.493 e. The van der Waals surface area contributed by atoms with Crippen molar-refractivity contribution in [2.45, 2.75) is 40.3 Å². The fourth-order valence-electron chi connectivity index (χ4n) is 2.79. The Hall–Kier alpha value is -3.02. The van der Waals surface area contributed by atoms with Gasteiger partial charge in [0.1, 0.15) is 0 Å². The van der Waals surface area contributed by atoms with Crippen molar-refractivity contribution >= 4 is 17.5 Å². The van der Waals surface area contributed by atoms with Gasteiger partial charge in [0.2, 0.25) is 5.91 Å². The Bertz CT molecular complexity index is 833. The third-order valence-electron chi connectivity index (χ3n) is 4.24. The third kappa shape index (κ3) is 5.49. The van der Waals surface area contributed by atoms with Crippen molar-refractivity contribution in [3.05, 3.63) is 53.6 Å². The lowest BCUT2D eigenvalue weighted by molar-refractivity contribution is -0.129. The molecule has 28 heavy (non-hydrogen) atoms. The number of para-hydroxylation sites is 1. The predicted molar refractivity (Wildman–Crippen MR) is 110 cm³/mol. The lowest BCUT2D eigenvalue weighted by Crippen LogP contribution is -2.28. The van der Waals surface area contributed by atoms with E-state index in [0.29, 0.717) is 35.8 Å². The molecule has 150 valence electrons. The summed E-state index contributed by atoms with van der Waals surface area (Å²) < 4.78 is 11.0. The number of carbonyl (C=O) groups excluding carboxylic acids is 2. The summed E-state index contributed by atoms with van der Waals surface area (Å²) in [4.78, 5) is 26.2. The first-order valence-corrected chi connectivity index (χ1v) is 9.35. The summed E-state index contributed by atoms with van der Waals surface area (Å²) >= 11 is 0. The molecule has 6 heteroatoms. The van der Waals surface area contributed by atoms with Crippen LogP contribution in [0.4, 0.5) is 5.69 Å². The van der Waals surface area contributed by atoms with E-state index in [4.69, 9.17) is 9.47 Å². The van der Waals surface area contributed by atoms with Crippen molar-refractivity contribution in [3.8, 4) is 11.5 Å². The van der Waals surface area contributed by atoms with Crippen LogP contribution in [0, 0.1) is 0 Å². The molecule has 0 saturated carbocycles. The molecule has 0 heterocycles. The molecule has 2 amide bonds. The fraction of sp³-hybridized carbons (Fsp3) is 0.364. The molecule has 0 fully saturated rings. The van der Waals surface area contributed by atoms with Gasteiger partial charge in [-0.05, 0) is 50.6 Å². The summed E-state index contributed by atoms with van der Waals surface area (Å²) in [5.41, 5.74) is 2.01. The topological polar surface area (TPSA) is 67.9 Å². The number of ether oxygens (including phenoxy) is 2. The highest BCUT2D eigenvalue weighted by Gasteiger charge is 2.15. The normalized spacial score (nSPS) is 10.5. The minimum absolute atomic E-state index is 0.00300. The predicted octanol–water partition coefficient (Wildman–Crippen LogP) is 4.10. The van der Waals surface area contributed by atoms with Crippen LogP contribution < -0.4 is 14.8 Å². The van der Waals surface area contributed by atoms with Crippen LogP contribution in [0.5, 0.6) is 11.5 Å². The zero-order valence-electron chi connectivity index (χ0n) is 17.1. The average Bonchev–Trinajstić information content (AvgIpc) is 2.66. The van der Waals surface area contributed by atoms with Gasteiger partial charge in [-0.2, -0.15) is 0 Å². The van der Waals surface area contributed by atoms with Gasteiger partial charge in [0.05, 0.1) is 13.2 Å². The summed E-state index contributed by atoms with van der Waals surface area (Å²) in [7, 11) is 1.54. The van der Waals surface area contributed by atoms with Crippen LogP contribution in [0.3, 0.4) is 0 Å². The molecule has 0 aliphatic rings.